The lowest BCUT2D eigenvalue weighted by atomic mass is 10.0. The third-order valence-corrected chi connectivity index (χ3v) is 2.55. The molecular formula is C10H15N3O2. The first-order chi connectivity index (χ1) is 7.36. The Balaban J connectivity index is 1.76. The molecule has 1 aliphatic rings. The summed E-state index contributed by atoms with van der Waals surface area (Å²) in [4.78, 5) is 11.7. The van der Waals surface area contributed by atoms with E-state index in [4.69, 9.17) is 4.52 Å². The molecule has 2 rings (SSSR count). The first-order valence-corrected chi connectivity index (χ1v) is 5.27. The summed E-state index contributed by atoms with van der Waals surface area (Å²) < 4.78 is 4.89. The second kappa shape index (κ2) is 4.93. The molecule has 1 saturated heterocycles. The van der Waals surface area contributed by atoms with Crippen LogP contribution in [-0.4, -0.2) is 23.7 Å². The minimum atomic E-state index is -0.0401. The monoisotopic (exact) mass is 209 g/mol. The van der Waals surface area contributed by atoms with Crippen LogP contribution in [0, 0.1) is 0 Å². The number of nitrogens with zero attached hydrogens (tertiary/aromatic N) is 1. The van der Waals surface area contributed by atoms with Crippen molar-refractivity contribution in [2.45, 2.75) is 31.8 Å². The highest BCUT2D eigenvalue weighted by molar-refractivity contribution is 5.81. The first kappa shape index (κ1) is 10.2. The molecular weight excluding hydrogens is 194 g/mol. The van der Waals surface area contributed by atoms with Crippen LogP contribution in [0.1, 0.15) is 25.0 Å². The number of piperidine rings is 1. The topological polar surface area (TPSA) is 67.2 Å². The minimum absolute atomic E-state index is 0.0401. The Morgan fingerprint density at radius 2 is 2.60 bits per heavy atom. The number of aromatic nitrogens is 1. The van der Waals surface area contributed by atoms with E-state index in [0.29, 0.717) is 12.3 Å². The van der Waals surface area contributed by atoms with E-state index in [1.54, 1.807) is 12.3 Å². The average Bonchev–Trinajstić information content (AvgIpc) is 2.80. The predicted octanol–water partition coefficient (Wildman–Crippen LogP) is 0.433. The average molecular weight is 209 g/mol. The molecule has 0 aromatic carbocycles. The van der Waals surface area contributed by atoms with Gasteiger partial charge in [-0.1, -0.05) is 11.6 Å². The van der Waals surface area contributed by atoms with Gasteiger partial charge in [0.05, 0.1) is 18.8 Å². The summed E-state index contributed by atoms with van der Waals surface area (Å²) in [7, 11) is 0. The molecule has 2 N–H and O–H groups in total. The van der Waals surface area contributed by atoms with Crippen LogP contribution < -0.4 is 10.6 Å². The Morgan fingerprint density at radius 1 is 1.67 bits per heavy atom. The molecule has 1 fully saturated rings. The Hall–Kier alpha value is -1.36. The summed E-state index contributed by atoms with van der Waals surface area (Å²) in [5.41, 5.74) is 0. The molecule has 1 aromatic heterocycles. The lowest BCUT2D eigenvalue weighted by Crippen LogP contribution is -2.46. The zero-order chi connectivity index (χ0) is 10.5. The molecule has 1 atom stereocenters. The van der Waals surface area contributed by atoms with Crippen LogP contribution in [0.2, 0.25) is 0 Å². The van der Waals surface area contributed by atoms with Gasteiger partial charge in [0.2, 0.25) is 5.91 Å². The maximum atomic E-state index is 11.7. The third kappa shape index (κ3) is 2.79. The van der Waals surface area contributed by atoms with Gasteiger partial charge in [-0.2, -0.15) is 0 Å². The molecule has 0 aliphatic carbocycles. The van der Waals surface area contributed by atoms with Crippen LogP contribution in [0.15, 0.2) is 16.8 Å². The number of carbonyl (C=O) groups excluding carboxylic acids is 1. The van der Waals surface area contributed by atoms with Crippen molar-refractivity contribution in [2.24, 2.45) is 0 Å². The highest BCUT2D eigenvalue weighted by Crippen LogP contribution is 2.07. The highest BCUT2D eigenvalue weighted by Gasteiger charge is 2.19. The SMILES string of the molecule is O=C(NCc1ccno1)C1CCCCN1. The number of nitrogens with one attached hydrogen (secondary N) is 2. The molecule has 0 bridgehead atoms. The third-order valence-electron chi connectivity index (χ3n) is 2.55. The molecule has 5 nitrogen and oxygen atoms in total. The van der Waals surface area contributed by atoms with Gasteiger partial charge in [0.1, 0.15) is 0 Å². The summed E-state index contributed by atoms with van der Waals surface area (Å²) >= 11 is 0. The Bertz CT molecular complexity index is 304. The second-order valence-electron chi connectivity index (χ2n) is 3.70. The summed E-state index contributed by atoms with van der Waals surface area (Å²) in [5.74, 6) is 0.727. The molecule has 0 spiro atoms. The summed E-state index contributed by atoms with van der Waals surface area (Å²) in [6, 6.07) is 1.70. The molecule has 0 radical (unpaired) electrons. The van der Waals surface area contributed by atoms with Gasteiger partial charge in [-0.3, -0.25) is 4.79 Å². The first-order valence-electron chi connectivity index (χ1n) is 5.27. The van der Waals surface area contributed by atoms with E-state index in [2.05, 4.69) is 15.8 Å². The summed E-state index contributed by atoms with van der Waals surface area (Å²) in [6.07, 6.45) is 4.77. The van der Waals surface area contributed by atoms with Gasteiger partial charge >= 0.3 is 0 Å². The van der Waals surface area contributed by atoms with Crippen LogP contribution >= 0.6 is 0 Å². The van der Waals surface area contributed by atoms with Crippen molar-refractivity contribution in [1.82, 2.24) is 15.8 Å². The van der Waals surface area contributed by atoms with E-state index in [1.165, 1.54) is 0 Å². The molecule has 1 aliphatic heterocycles. The van der Waals surface area contributed by atoms with Crippen molar-refractivity contribution in [3.8, 4) is 0 Å². The molecule has 5 heteroatoms. The van der Waals surface area contributed by atoms with E-state index in [-0.39, 0.29) is 11.9 Å². The Kier molecular flexibility index (Phi) is 3.34. The fourth-order valence-corrected chi connectivity index (χ4v) is 1.71. The number of rotatable bonds is 3. The standard InChI is InChI=1S/C10H15N3O2/c14-10(9-3-1-2-5-11-9)12-7-8-4-6-13-15-8/h4,6,9,11H,1-3,5,7H2,(H,12,14). The molecule has 1 unspecified atom stereocenters. The van der Waals surface area contributed by atoms with Gasteiger partial charge in [-0.25, -0.2) is 0 Å². The van der Waals surface area contributed by atoms with Gasteiger partial charge in [0.25, 0.3) is 0 Å². The number of hydrogen-bond acceptors (Lipinski definition) is 4. The van der Waals surface area contributed by atoms with E-state index in [1.807, 2.05) is 0 Å². The van der Waals surface area contributed by atoms with Gasteiger partial charge in [0.15, 0.2) is 5.76 Å². The maximum Gasteiger partial charge on any atom is 0.237 e. The van der Waals surface area contributed by atoms with E-state index in [9.17, 15) is 4.79 Å². The van der Waals surface area contributed by atoms with Crippen molar-refractivity contribution in [3.05, 3.63) is 18.0 Å². The lowest BCUT2D eigenvalue weighted by Gasteiger charge is -2.22. The van der Waals surface area contributed by atoms with Crippen molar-refractivity contribution < 1.29 is 9.32 Å². The molecule has 82 valence electrons. The van der Waals surface area contributed by atoms with Crippen molar-refractivity contribution in [3.63, 3.8) is 0 Å². The van der Waals surface area contributed by atoms with Crippen LogP contribution in [0.5, 0.6) is 0 Å². The van der Waals surface area contributed by atoms with E-state index in [0.717, 1.165) is 25.8 Å². The maximum absolute atomic E-state index is 11.7. The van der Waals surface area contributed by atoms with Crippen LogP contribution in [0.25, 0.3) is 0 Å². The zero-order valence-electron chi connectivity index (χ0n) is 8.53. The Morgan fingerprint density at radius 3 is 3.27 bits per heavy atom. The van der Waals surface area contributed by atoms with Gasteiger partial charge < -0.3 is 15.2 Å². The van der Waals surface area contributed by atoms with Crippen LogP contribution in [0.3, 0.4) is 0 Å². The van der Waals surface area contributed by atoms with Gasteiger partial charge in [0, 0.05) is 6.07 Å². The fourth-order valence-electron chi connectivity index (χ4n) is 1.71. The largest absolute Gasteiger partial charge is 0.360 e. The van der Waals surface area contributed by atoms with Crippen molar-refractivity contribution in [1.29, 1.82) is 0 Å². The van der Waals surface area contributed by atoms with E-state index >= 15 is 0 Å². The number of hydrogen-bond donors (Lipinski definition) is 2. The summed E-state index contributed by atoms with van der Waals surface area (Å²) in [5, 5.41) is 9.58. The predicted molar refractivity (Wildman–Crippen MR) is 54.0 cm³/mol. The minimum Gasteiger partial charge on any atom is -0.360 e. The van der Waals surface area contributed by atoms with Gasteiger partial charge in [-0.15, -0.1) is 0 Å². The lowest BCUT2D eigenvalue weighted by molar-refractivity contribution is -0.123. The second-order valence-corrected chi connectivity index (χ2v) is 3.70. The fraction of sp³-hybridized carbons (Fsp3) is 0.600. The smallest absolute Gasteiger partial charge is 0.237 e. The van der Waals surface area contributed by atoms with Gasteiger partial charge in [-0.05, 0) is 19.4 Å². The Labute approximate surface area is 88.2 Å². The van der Waals surface area contributed by atoms with Crippen LogP contribution in [0.4, 0.5) is 0 Å². The van der Waals surface area contributed by atoms with Crippen molar-refractivity contribution >= 4 is 5.91 Å². The molecule has 1 aromatic rings. The molecule has 2 heterocycles. The number of amides is 1. The molecule has 1 amide bonds. The quantitative estimate of drug-likeness (QED) is 0.757. The van der Waals surface area contributed by atoms with E-state index < -0.39 is 0 Å². The zero-order valence-corrected chi connectivity index (χ0v) is 8.53. The van der Waals surface area contributed by atoms with Crippen molar-refractivity contribution in [2.75, 3.05) is 6.54 Å². The number of carbonyl (C=O) groups is 1. The summed E-state index contributed by atoms with van der Waals surface area (Å²) in [6.45, 7) is 1.34. The van der Waals surface area contributed by atoms with Crippen LogP contribution in [-0.2, 0) is 11.3 Å². The molecule has 0 saturated carbocycles. The highest BCUT2D eigenvalue weighted by atomic mass is 16.5. The normalized spacial score (nSPS) is 21.2. The molecule has 15 heavy (non-hydrogen) atoms.